The summed E-state index contributed by atoms with van der Waals surface area (Å²) < 4.78 is 7.66. The fourth-order valence-electron chi connectivity index (χ4n) is 8.59. The van der Waals surface area contributed by atoms with Crippen molar-refractivity contribution in [3.05, 3.63) is 175 Å². The first-order chi connectivity index (χ1) is 25.7. The molecule has 7 aromatic carbocycles. The van der Waals surface area contributed by atoms with Gasteiger partial charge in [0.05, 0.1) is 16.6 Å². The number of para-hydroxylation sites is 2. The van der Waals surface area contributed by atoms with Crippen LogP contribution in [0, 0.1) is 6.92 Å². The van der Waals surface area contributed by atoms with Crippen molar-refractivity contribution in [1.29, 1.82) is 0 Å². The third-order valence-corrected chi connectivity index (χ3v) is 12.3. The normalized spacial score (nSPS) is 12.9. The number of allylic oxidation sites excluding steroid dienone is 1. The predicted octanol–water partition coefficient (Wildman–Crippen LogP) is 13.7. The van der Waals surface area contributed by atoms with Gasteiger partial charge in [0, 0.05) is 64.5 Å². The largest absolute Gasteiger partial charge is 0.313 e. The van der Waals surface area contributed by atoms with E-state index in [4.69, 9.17) is 0 Å². The highest BCUT2D eigenvalue weighted by atomic mass is 32.1. The van der Waals surface area contributed by atoms with Crippen molar-refractivity contribution in [2.75, 3.05) is 0 Å². The minimum absolute atomic E-state index is 1.02. The molecule has 0 bridgehead atoms. The molecule has 0 spiro atoms. The van der Waals surface area contributed by atoms with E-state index in [1.165, 1.54) is 103 Å². The Kier molecular flexibility index (Phi) is 6.50. The van der Waals surface area contributed by atoms with E-state index < -0.39 is 0 Å². The lowest BCUT2D eigenvalue weighted by Crippen LogP contribution is -2.03. The van der Waals surface area contributed by atoms with Gasteiger partial charge in [0.2, 0.25) is 0 Å². The molecular formula is C49H34N2S. The molecule has 52 heavy (non-hydrogen) atoms. The summed E-state index contributed by atoms with van der Waals surface area (Å²) in [6.07, 6.45) is 6.75. The quantitative estimate of drug-likeness (QED) is 0.175. The Morgan fingerprint density at radius 3 is 2.00 bits per heavy atom. The van der Waals surface area contributed by atoms with Gasteiger partial charge in [-0.25, -0.2) is 0 Å². The second kappa shape index (κ2) is 11.4. The van der Waals surface area contributed by atoms with Crippen molar-refractivity contribution in [2.24, 2.45) is 0 Å². The number of rotatable bonds is 4. The molecular weight excluding hydrogens is 649 g/mol. The number of fused-ring (bicyclic) bond motifs is 9. The molecule has 11 rings (SSSR count). The number of hydrogen-bond acceptors (Lipinski definition) is 1. The molecule has 246 valence electrons. The van der Waals surface area contributed by atoms with Crippen LogP contribution in [0.3, 0.4) is 0 Å². The maximum Gasteiger partial charge on any atom is 0.0547 e. The molecule has 10 aromatic rings. The minimum atomic E-state index is 1.02. The van der Waals surface area contributed by atoms with Crippen molar-refractivity contribution in [2.45, 2.75) is 19.8 Å². The van der Waals surface area contributed by atoms with E-state index in [0.29, 0.717) is 0 Å². The van der Waals surface area contributed by atoms with E-state index >= 15 is 0 Å². The molecule has 3 aromatic heterocycles. The number of aryl methyl sites for hydroxylation is 1. The highest BCUT2D eigenvalue weighted by Gasteiger charge is 2.22. The predicted molar refractivity (Wildman–Crippen MR) is 223 cm³/mol. The monoisotopic (exact) mass is 682 g/mol. The maximum absolute atomic E-state index is 2.57. The topological polar surface area (TPSA) is 9.86 Å². The van der Waals surface area contributed by atoms with E-state index in [-0.39, 0.29) is 0 Å². The van der Waals surface area contributed by atoms with Gasteiger partial charge in [-0.1, -0.05) is 121 Å². The van der Waals surface area contributed by atoms with Gasteiger partial charge >= 0.3 is 0 Å². The van der Waals surface area contributed by atoms with Crippen LogP contribution in [-0.2, 0) is 6.42 Å². The Morgan fingerprint density at radius 2 is 1.17 bits per heavy atom. The second-order valence-corrected chi connectivity index (χ2v) is 15.2. The van der Waals surface area contributed by atoms with Crippen LogP contribution < -0.4 is 0 Å². The van der Waals surface area contributed by atoms with Crippen molar-refractivity contribution in [3.63, 3.8) is 0 Å². The zero-order valence-corrected chi connectivity index (χ0v) is 29.6. The van der Waals surface area contributed by atoms with Crippen LogP contribution in [0.25, 0.3) is 92.6 Å². The minimum Gasteiger partial charge on any atom is -0.313 e. The number of hydrogen-bond donors (Lipinski definition) is 0. The number of benzene rings is 7. The van der Waals surface area contributed by atoms with E-state index in [1.54, 1.807) is 0 Å². The Hall–Kier alpha value is -6.16. The molecule has 0 aliphatic heterocycles. The van der Waals surface area contributed by atoms with E-state index in [9.17, 15) is 0 Å². The van der Waals surface area contributed by atoms with Gasteiger partial charge in [-0.3, -0.25) is 0 Å². The van der Waals surface area contributed by atoms with Gasteiger partial charge < -0.3 is 9.13 Å². The third kappa shape index (κ3) is 4.43. The lowest BCUT2D eigenvalue weighted by molar-refractivity contribution is 0.889. The Bertz CT molecular complexity index is 3060. The highest BCUT2D eigenvalue weighted by Crippen LogP contribution is 2.44. The summed E-state index contributed by atoms with van der Waals surface area (Å²) in [6.45, 7) is 2.16. The molecule has 1 aliphatic rings. The molecule has 0 fully saturated rings. The SMILES string of the molecule is Cc1ccc(-c2cc(-n3c4c(c5ccc(-c6ccc7c8ccccc8n(-c8ccccc8)c7c6)cc53)C=CCC4)cc3c2sc2ccccc23)cc1. The Morgan fingerprint density at radius 1 is 0.500 bits per heavy atom. The van der Waals surface area contributed by atoms with E-state index in [2.05, 4.69) is 180 Å². The van der Waals surface area contributed by atoms with Gasteiger partial charge in [-0.15, -0.1) is 11.3 Å². The molecule has 1 aliphatic carbocycles. The number of aromatic nitrogens is 2. The second-order valence-electron chi connectivity index (χ2n) is 14.1. The first-order valence-corrected chi connectivity index (χ1v) is 19.0. The van der Waals surface area contributed by atoms with Crippen LogP contribution in [0.15, 0.2) is 158 Å². The van der Waals surface area contributed by atoms with Crippen molar-refractivity contribution in [3.8, 4) is 33.6 Å². The van der Waals surface area contributed by atoms with Gasteiger partial charge in [0.25, 0.3) is 0 Å². The lowest BCUT2D eigenvalue weighted by atomic mass is 9.99. The zero-order valence-electron chi connectivity index (χ0n) is 28.8. The van der Waals surface area contributed by atoms with Gasteiger partial charge in [-0.05, 0) is 85.0 Å². The van der Waals surface area contributed by atoms with E-state index in [1.807, 2.05) is 11.3 Å². The van der Waals surface area contributed by atoms with Crippen LogP contribution in [-0.4, -0.2) is 9.13 Å². The summed E-state index contributed by atoms with van der Waals surface area (Å²) in [6, 6.07) is 56.4. The van der Waals surface area contributed by atoms with Crippen LogP contribution in [0.4, 0.5) is 0 Å². The number of nitrogens with zero attached hydrogens (tertiary/aromatic N) is 2. The molecule has 0 atom stereocenters. The van der Waals surface area contributed by atoms with E-state index in [0.717, 1.165) is 12.8 Å². The maximum atomic E-state index is 2.57. The molecule has 0 amide bonds. The Labute approximate surface area is 306 Å². The first-order valence-electron chi connectivity index (χ1n) is 18.2. The fourth-order valence-corrected chi connectivity index (χ4v) is 9.81. The Balaban J connectivity index is 1.17. The van der Waals surface area contributed by atoms with Crippen molar-refractivity contribution < 1.29 is 0 Å². The summed E-state index contributed by atoms with van der Waals surface area (Å²) in [5, 5.41) is 6.50. The molecule has 0 saturated heterocycles. The summed E-state index contributed by atoms with van der Waals surface area (Å²) >= 11 is 1.90. The standard InChI is InChI=1S/C49H34N2S/c1-31-19-21-32(22-20-31)42-29-36(30-43-41-15-7-10-18-48(41)52-49(42)43)51-45-17-9-6-14-38(45)40-26-24-34(28-47(40)51)33-23-25-39-37-13-5-8-16-44(37)50(46(39)27-33)35-11-3-2-4-12-35/h2-8,10-16,18-30H,9,17H2,1H3. The lowest BCUT2D eigenvalue weighted by Gasteiger charge is -2.16. The molecule has 0 radical (unpaired) electrons. The molecule has 2 nitrogen and oxygen atoms in total. The van der Waals surface area contributed by atoms with Crippen molar-refractivity contribution >= 4 is 70.3 Å². The average molecular weight is 683 g/mol. The first kappa shape index (κ1) is 29.6. The van der Waals surface area contributed by atoms with Gasteiger partial charge in [-0.2, -0.15) is 0 Å². The van der Waals surface area contributed by atoms with Crippen LogP contribution >= 0.6 is 11.3 Å². The van der Waals surface area contributed by atoms with Crippen LogP contribution in [0.5, 0.6) is 0 Å². The summed E-state index contributed by atoms with van der Waals surface area (Å²) in [5.41, 5.74) is 15.1. The molecule has 0 unspecified atom stereocenters. The van der Waals surface area contributed by atoms with Gasteiger partial charge in [0.15, 0.2) is 0 Å². The molecule has 3 heterocycles. The van der Waals surface area contributed by atoms with Gasteiger partial charge in [0.1, 0.15) is 0 Å². The smallest absolute Gasteiger partial charge is 0.0547 e. The van der Waals surface area contributed by atoms with Crippen LogP contribution in [0.1, 0.15) is 23.2 Å². The van der Waals surface area contributed by atoms with Crippen molar-refractivity contribution in [1.82, 2.24) is 9.13 Å². The molecule has 0 saturated carbocycles. The zero-order chi connectivity index (χ0) is 34.3. The fraction of sp³-hybridized carbons (Fsp3) is 0.0612. The highest BCUT2D eigenvalue weighted by molar-refractivity contribution is 7.26. The van der Waals surface area contributed by atoms with Crippen LogP contribution in [0.2, 0.25) is 0 Å². The average Bonchev–Trinajstić information content (AvgIpc) is 3.85. The third-order valence-electron chi connectivity index (χ3n) is 11.0. The summed E-state index contributed by atoms with van der Waals surface area (Å²) in [5.74, 6) is 0. The molecule has 0 N–H and O–H groups in total. The number of thiophene rings is 1. The molecule has 3 heteroatoms. The summed E-state index contributed by atoms with van der Waals surface area (Å²) in [7, 11) is 0. The summed E-state index contributed by atoms with van der Waals surface area (Å²) in [4.78, 5) is 0.